The predicted molar refractivity (Wildman–Crippen MR) is 125 cm³/mol. The van der Waals surface area contributed by atoms with E-state index in [1.807, 2.05) is 0 Å². The fraction of sp³-hybridized carbons (Fsp3) is 0.920. The third-order valence-corrected chi connectivity index (χ3v) is 11.0. The summed E-state index contributed by atoms with van der Waals surface area (Å²) in [4.78, 5) is 26.1. The molecule has 0 aromatic rings. The van der Waals surface area contributed by atoms with Crippen LogP contribution < -0.4 is 5.73 Å². The van der Waals surface area contributed by atoms with Gasteiger partial charge in [-0.25, -0.2) is 0 Å². The van der Waals surface area contributed by atoms with Crippen molar-refractivity contribution in [3.63, 3.8) is 0 Å². The molecular formula is C25H41NO5S. The van der Waals surface area contributed by atoms with Crippen LogP contribution in [0.25, 0.3) is 0 Å². The number of carbonyl (C=O) groups is 2. The highest BCUT2D eigenvalue weighted by atomic mass is 32.2. The fourth-order valence-corrected chi connectivity index (χ4v) is 8.80. The first-order valence-corrected chi connectivity index (χ1v) is 13.6. The largest absolute Gasteiger partial charge is 0.461 e. The molecule has 0 amide bonds. The molecule has 0 aromatic carbocycles. The summed E-state index contributed by atoms with van der Waals surface area (Å²) < 4.78 is 6.18. The average molecular weight is 468 g/mol. The number of hydrogen-bond acceptors (Lipinski definition) is 7. The topological polar surface area (TPSA) is 110 Å². The summed E-state index contributed by atoms with van der Waals surface area (Å²) in [6.45, 7) is 6.44. The third-order valence-electron chi connectivity index (χ3n) is 9.58. The Hall–Kier alpha value is -0.630. The number of aliphatic hydroxyl groups excluding tert-OH is 2. The summed E-state index contributed by atoms with van der Waals surface area (Å²) in [6, 6.07) is 0.0362. The van der Waals surface area contributed by atoms with E-state index in [-0.39, 0.29) is 58.1 Å². The molecular weight excluding hydrogens is 426 g/mol. The minimum Gasteiger partial charge on any atom is -0.461 e. The maximum atomic E-state index is 13.1. The Bertz CT molecular complexity index is 733. The van der Waals surface area contributed by atoms with Gasteiger partial charge in [0.1, 0.15) is 11.9 Å². The number of carbonyl (C=O) groups excluding carboxylic acids is 2. The summed E-state index contributed by atoms with van der Waals surface area (Å²) in [5.74, 6) is 0.400. The highest BCUT2D eigenvalue weighted by molar-refractivity contribution is 8.00. The quantitative estimate of drug-likeness (QED) is 0.533. The number of nitrogens with two attached hydrogens (primary N) is 1. The Morgan fingerprint density at radius 2 is 1.97 bits per heavy atom. The van der Waals surface area contributed by atoms with E-state index in [0.717, 1.165) is 32.1 Å². The molecule has 4 aliphatic rings. The van der Waals surface area contributed by atoms with Crippen molar-refractivity contribution < 1.29 is 24.5 Å². The average Bonchev–Trinajstić information content (AvgIpc) is 3.16. The van der Waals surface area contributed by atoms with Crippen LogP contribution in [0, 0.1) is 28.6 Å². The second-order valence-electron chi connectivity index (χ2n) is 11.4. The molecule has 32 heavy (non-hydrogen) atoms. The Labute approximate surface area is 196 Å². The summed E-state index contributed by atoms with van der Waals surface area (Å²) in [6.07, 6.45) is 5.42. The van der Waals surface area contributed by atoms with Gasteiger partial charge in [-0.15, -0.1) is 11.8 Å². The van der Waals surface area contributed by atoms with Gasteiger partial charge in [0, 0.05) is 29.0 Å². The van der Waals surface area contributed by atoms with Crippen LogP contribution in [-0.4, -0.2) is 57.3 Å². The molecule has 4 N–H and O–H groups in total. The molecule has 0 spiro atoms. The van der Waals surface area contributed by atoms with E-state index in [1.165, 1.54) is 11.8 Å². The molecule has 0 aliphatic heterocycles. The van der Waals surface area contributed by atoms with Crippen molar-refractivity contribution in [2.24, 2.45) is 34.3 Å². The molecule has 0 saturated heterocycles. The highest BCUT2D eigenvalue weighted by Crippen LogP contribution is 2.68. The monoisotopic (exact) mass is 467 g/mol. The summed E-state index contributed by atoms with van der Waals surface area (Å²) in [5, 5.41) is 21.4. The molecule has 7 heteroatoms. The Balaban J connectivity index is 1.52. The summed E-state index contributed by atoms with van der Waals surface area (Å²) >= 11 is 1.46. The number of aliphatic hydroxyl groups is 2. The van der Waals surface area contributed by atoms with E-state index in [2.05, 4.69) is 20.8 Å². The van der Waals surface area contributed by atoms with Gasteiger partial charge in [0.05, 0.1) is 18.0 Å². The second-order valence-corrected chi connectivity index (χ2v) is 12.6. The van der Waals surface area contributed by atoms with Crippen molar-refractivity contribution >= 4 is 23.5 Å². The normalized spacial score (nSPS) is 48.8. The van der Waals surface area contributed by atoms with Crippen LogP contribution in [0.2, 0.25) is 0 Å². The highest BCUT2D eigenvalue weighted by Gasteiger charge is 2.68. The van der Waals surface area contributed by atoms with Gasteiger partial charge in [-0.2, -0.15) is 0 Å². The van der Waals surface area contributed by atoms with Crippen LogP contribution in [0.5, 0.6) is 0 Å². The minimum atomic E-state index is -0.485. The lowest BCUT2D eigenvalue weighted by Gasteiger charge is -2.46. The van der Waals surface area contributed by atoms with Crippen LogP contribution in [0.1, 0.15) is 78.6 Å². The summed E-state index contributed by atoms with van der Waals surface area (Å²) in [5.41, 5.74) is 5.40. The maximum absolute atomic E-state index is 13.1. The Morgan fingerprint density at radius 3 is 2.66 bits per heavy atom. The van der Waals surface area contributed by atoms with E-state index in [4.69, 9.17) is 10.5 Å². The number of ether oxygens (including phenoxy) is 1. The van der Waals surface area contributed by atoms with E-state index in [1.54, 1.807) is 0 Å². The lowest BCUT2D eigenvalue weighted by molar-refractivity contribution is -0.166. The van der Waals surface area contributed by atoms with Crippen molar-refractivity contribution in [2.75, 3.05) is 5.75 Å². The van der Waals surface area contributed by atoms with Crippen LogP contribution >= 0.6 is 11.8 Å². The first-order chi connectivity index (χ1) is 15.1. The molecule has 0 radical (unpaired) electrons. The van der Waals surface area contributed by atoms with Crippen molar-refractivity contribution in [3.8, 4) is 0 Å². The Kier molecular flexibility index (Phi) is 7.04. The molecule has 4 aliphatic carbocycles. The van der Waals surface area contributed by atoms with Crippen LogP contribution in [-0.2, 0) is 14.3 Å². The van der Waals surface area contributed by atoms with Crippen LogP contribution in [0.3, 0.4) is 0 Å². The van der Waals surface area contributed by atoms with Crippen molar-refractivity contribution in [3.05, 3.63) is 0 Å². The van der Waals surface area contributed by atoms with Crippen molar-refractivity contribution in [1.29, 1.82) is 0 Å². The van der Waals surface area contributed by atoms with Crippen LogP contribution in [0.4, 0.5) is 0 Å². The lowest BCUT2D eigenvalue weighted by atomic mass is 9.61. The van der Waals surface area contributed by atoms with Crippen molar-refractivity contribution in [1.82, 2.24) is 0 Å². The summed E-state index contributed by atoms with van der Waals surface area (Å²) in [7, 11) is 0. The fourth-order valence-electron chi connectivity index (χ4n) is 7.75. The van der Waals surface area contributed by atoms with E-state index < -0.39 is 17.6 Å². The zero-order valence-electron chi connectivity index (χ0n) is 19.8. The SMILES string of the molecule is CC[C@@H]1C[C@H](OC(=O)CS[C@@H]2CC[C@@H](N)C[C@H]2O)[C@]2(C)[C@H](C)C[C@]3(CCC(=O)[C@H]32)C[C@@H]1O. The third kappa shape index (κ3) is 4.16. The number of rotatable bonds is 5. The second kappa shape index (κ2) is 9.20. The maximum Gasteiger partial charge on any atom is 0.316 e. The Morgan fingerprint density at radius 1 is 1.22 bits per heavy atom. The predicted octanol–water partition coefficient (Wildman–Crippen LogP) is 3.06. The van der Waals surface area contributed by atoms with Crippen LogP contribution in [0.15, 0.2) is 0 Å². The molecule has 4 rings (SSSR count). The molecule has 6 nitrogen and oxygen atoms in total. The van der Waals surface area contributed by atoms with Crippen molar-refractivity contribution in [2.45, 2.75) is 108 Å². The lowest BCUT2D eigenvalue weighted by Crippen LogP contribution is -2.50. The standard InChI is InChI=1S/C25H41NO5S/c1-4-15-9-21(31-22(30)13-32-20-6-5-16(26)10-18(20)28)24(3)14(2)11-25(12-19(15)29)8-7-17(27)23(24)25/h14-16,18-21,23,28-29H,4-13,26H2,1-3H3/t14-,15-,16-,18-,19+,20-,21+,23+,24+,25-/m1/s1. The van der Waals surface area contributed by atoms with E-state index in [9.17, 15) is 19.8 Å². The molecule has 2 bridgehead atoms. The number of esters is 1. The van der Waals surface area contributed by atoms with Gasteiger partial charge in [0.2, 0.25) is 0 Å². The van der Waals surface area contributed by atoms with Gasteiger partial charge in [0.15, 0.2) is 0 Å². The number of ketones is 1. The van der Waals surface area contributed by atoms with Gasteiger partial charge >= 0.3 is 5.97 Å². The minimum absolute atomic E-state index is 0.00921. The molecule has 0 heterocycles. The molecule has 10 atom stereocenters. The first kappa shape index (κ1) is 24.5. The zero-order chi connectivity index (χ0) is 23.3. The smallest absolute Gasteiger partial charge is 0.316 e. The first-order valence-electron chi connectivity index (χ1n) is 12.6. The molecule has 4 fully saturated rings. The number of Topliss-reactive ketones (excluding diaryl/α,β-unsaturated/α-hetero) is 1. The van der Waals surface area contributed by atoms with E-state index in [0.29, 0.717) is 25.7 Å². The number of thioether (sulfide) groups is 1. The zero-order valence-corrected chi connectivity index (χ0v) is 20.6. The number of hydrogen-bond donors (Lipinski definition) is 3. The molecule has 182 valence electrons. The molecule has 4 saturated carbocycles. The van der Waals surface area contributed by atoms with Gasteiger partial charge in [-0.05, 0) is 62.2 Å². The molecule has 0 aromatic heterocycles. The van der Waals surface area contributed by atoms with Gasteiger partial charge in [0.25, 0.3) is 0 Å². The molecule has 0 unspecified atom stereocenters. The van der Waals surface area contributed by atoms with Gasteiger partial charge in [-0.1, -0.05) is 27.2 Å². The van der Waals surface area contributed by atoms with Gasteiger partial charge < -0.3 is 20.7 Å². The van der Waals surface area contributed by atoms with E-state index >= 15 is 0 Å². The van der Waals surface area contributed by atoms with Gasteiger partial charge in [-0.3, -0.25) is 9.59 Å².